The molecule has 6 nitrogen and oxygen atoms in total. The quantitative estimate of drug-likeness (QED) is 0.570. The number of carbonyl (C=O) groups excluding carboxylic acids is 1. The first-order chi connectivity index (χ1) is 15.4. The summed E-state index contributed by atoms with van der Waals surface area (Å²) in [7, 11) is 1.56. The van der Waals surface area contributed by atoms with Crippen LogP contribution in [-0.4, -0.2) is 36.4 Å². The lowest BCUT2D eigenvalue weighted by molar-refractivity contribution is -0.143. The number of amides is 1. The van der Waals surface area contributed by atoms with Crippen molar-refractivity contribution in [1.82, 2.24) is 5.32 Å². The molecule has 6 heteroatoms. The monoisotopic (exact) mass is 431 g/mol. The molecule has 32 heavy (non-hydrogen) atoms. The number of nitrogens with one attached hydrogen (secondary N) is 1. The second-order valence-electron chi connectivity index (χ2n) is 8.11. The first-order valence-corrected chi connectivity index (χ1v) is 10.4. The summed E-state index contributed by atoms with van der Waals surface area (Å²) in [6.07, 6.45) is -0.651. The maximum Gasteiger partial charge on any atom is 0.408 e. The summed E-state index contributed by atoms with van der Waals surface area (Å²) in [5.41, 5.74) is 3.70. The summed E-state index contributed by atoms with van der Waals surface area (Å²) in [6, 6.07) is 23.2. The van der Waals surface area contributed by atoms with Crippen LogP contribution in [0.4, 0.5) is 4.79 Å². The standard InChI is InChI=1S/C26H25NO5/c1-26(24(28)29,15-17-11-13-18(31-2)14-12-17)27-25(30)32-16-23-21-9-5-3-7-19(21)20-8-4-6-10-22(20)23/h3-14,23H,15-16H2,1-2H3,(H,27,30)(H,28,29). The van der Waals surface area contributed by atoms with Crippen LogP contribution in [0.25, 0.3) is 11.1 Å². The van der Waals surface area contributed by atoms with E-state index in [-0.39, 0.29) is 18.9 Å². The number of ether oxygens (including phenoxy) is 2. The highest BCUT2D eigenvalue weighted by Crippen LogP contribution is 2.44. The average Bonchev–Trinajstić information content (AvgIpc) is 3.12. The Bertz CT molecular complexity index is 1100. The van der Waals surface area contributed by atoms with Gasteiger partial charge in [0.2, 0.25) is 0 Å². The molecule has 0 heterocycles. The predicted molar refractivity (Wildman–Crippen MR) is 121 cm³/mol. The Hall–Kier alpha value is -3.80. The zero-order chi connectivity index (χ0) is 22.7. The van der Waals surface area contributed by atoms with Crippen LogP contribution in [0.15, 0.2) is 72.8 Å². The van der Waals surface area contributed by atoms with Gasteiger partial charge in [-0.25, -0.2) is 9.59 Å². The molecule has 1 amide bonds. The molecule has 0 aromatic heterocycles. The van der Waals surface area contributed by atoms with Crippen molar-refractivity contribution in [1.29, 1.82) is 0 Å². The highest BCUT2D eigenvalue weighted by atomic mass is 16.5. The van der Waals surface area contributed by atoms with Gasteiger partial charge in [-0.1, -0.05) is 60.7 Å². The second kappa shape index (κ2) is 8.75. The van der Waals surface area contributed by atoms with Gasteiger partial charge in [0, 0.05) is 12.3 Å². The van der Waals surface area contributed by atoms with Crippen LogP contribution in [0.2, 0.25) is 0 Å². The van der Waals surface area contributed by atoms with Gasteiger partial charge in [-0.3, -0.25) is 0 Å². The Morgan fingerprint density at radius 2 is 1.50 bits per heavy atom. The largest absolute Gasteiger partial charge is 0.497 e. The van der Waals surface area contributed by atoms with Crippen molar-refractivity contribution in [2.75, 3.05) is 13.7 Å². The van der Waals surface area contributed by atoms with E-state index in [9.17, 15) is 14.7 Å². The van der Waals surface area contributed by atoms with Crippen molar-refractivity contribution in [3.63, 3.8) is 0 Å². The Labute approximate surface area is 186 Å². The lowest BCUT2D eigenvalue weighted by atomic mass is 9.93. The number of carboxylic acid groups (broad SMARTS) is 1. The molecule has 3 aromatic rings. The van der Waals surface area contributed by atoms with Gasteiger partial charge < -0.3 is 19.9 Å². The van der Waals surface area contributed by atoms with Crippen LogP contribution >= 0.6 is 0 Å². The van der Waals surface area contributed by atoms with Crippen LogP contribution < -0.4 is 10.1 Å². The molecule has 0 saturated carbocycles. The number of aliphatic carboxylic acids is 1. The van der Waals surface area contributed by atoms with Crippen molar-refractivity contribution in [3.05, 3.63) is 89.5 Å². The average molecular weight is 431 g/mol. The number of fused-ring (bicyclic) bond motifs is 3. The summed E-state index contributed by atoms with van der Waals surface area (Å²) in [6.45, 7) is 1.60. The van der Waals surface area contributed by atoms with Gasteiger partial charge in [-0.2, -0.15) is 0 Å². The van der Waals surface area contributed by atoms with Gasteiger partial charge >= 0.3 is 12.1 Å². The number of carboxylic acids is 1. The number of hydrogen-bond acceptors (Lipinski definition) is 4. The van der Waals surface area contributed by atoms with E-state index in [1.165, 1.54) is 6.92 Å². The van der Waals surface area contributed by atoms with Crippen molar-refractivity contribution in [3.8, 4) is 16.9 Å². The maximum atomic E-state index is 12.6. The molecule has 164 valence electrons. The van der Waals surface area contributed by atoms with Gasteiger partial charge in [0.15, 0.2) is 0 Å². The van der Waals surface area contributed by atoms with Gasteiger partial charge in [0.05, 0.1) is 7.11 Å². The Kier molecular flexibility index (Phi) is 5.86. The first-order valence-electron chi connectivity index (χ1n) is 10.4. The smallest absolute Gasteiger partial charge is 0.408 e. The molecule has 1 unspecified atom stereocenters. The van der Waals surface area contributed by atoms with Crippen molar-refractivity contribution < 1.29 is 24.2 Å². The fourth-order valence-corrected chi connectivity index (χ4v) is 4.18. The topological polar surface area (TPSA) is 84.9 Å². The number of methoxy groups -OCH3 is 1. The summed E-state index contributed by atoms with van der Waals surface area (Å²) in [4.78, 5) is 24.6. The van der Waals surface area contributed by atoms with E-state index in [2.05, 4.69) is 17.4 Å². The molecule has 0 spiro atoms. The van der Waals surface area contributed by atoms with E-state index in [1.54, 1.807) is 31.4 Å². The summed E-state index contributed by atoms with van der Waals surface area (Å²) >= 11 is 0. The van der Waals surface area contributed by atoms with Crippen LogP contribution in [0.3, 0.4) is 0 Å². The van der Waals surface area contributed by atoms with E-state index in [0.29, 0.717) is 5.75 Å². The molecule has 0 bridgehead atoms. The third-order valence-corrected chi connectivity index (χ3v) is 5.91. The summed E-state index contributed by atoms with van der Waals surface area (Å²) in [5, 5.41) is 12.3. The van der Waals surface area contributed by atoms with E-state index < -0.39 is 17.6 Å². The highest BCUT2D eigenvalue weighted by molar-refractivity contribution is 5.84. The van der Waals surface area contributed by atoms with E-state index >= 15 is 0 Å². The Balaban J connectivity index is 1.46. The molecule has 2 N–H and O–H groups in total. The lowest BCUT2D eigenvalue weighted by Crippen LogP contribution is -2.54. The van der Waals surface area contributed by atoms with E-state index in [0.717, 1.165) is 27.8 Å². The molecule has 1 aliphatic carbocycles. The Morgan fingerprint density at radius 1 is 0.938 bits per heavy atom. The number of hydrogen-bond donors (Lipinski definition) is 2. The number of rotatable bonds is 7. The molecule has 0 radical (unpaired) electrons. The lowest BCUT2D eigenvalue weighted by Gasteiger charge is -2.26. The minimum Gasteiger partial charge on any atom is -0.497 e. The molecule has 3 aromatic carbocycles. The van der Waals surface area contributed by atoms with Gasteiger partial charge in [0.1, 0.15) is 17.9 Å². The van der Waals surface area contributed by atoms with Crippen LogP contribution in [0, 0.1) is 0 Å². The summed E-state index contributed by atoms with van der Waals surface area (Å²) in [5.74, 6) is -0.553. The van der Waals surface area contributed by atoms with Crippen LogP contribution in [0.1, 0.15) is 29.5 Å². The summed E-state index contributed by atoms with van der Waals surface area (Å²) < 4.78 is 10.7. The van der Waals surface area contributed by atoms with E-state index in [4.69, 9.17) is 9.47 Å². The second-order valence-corrected chi connectivity index (χ2v) is 8.11. The fourth-order valence-electron chi connectivity index (χ4n) is 4.18. The highest BCUT2D eigenvalue weighted by Gasteiger charge is 2.36. The van der Waals surface area contributed by atoms with Crippen LogP contribution in [-0.2, 0) is 16.0 Å². The molecule has 0 saturated heterocycles. The molecule has 4 rings (SSSR count). The zero-order valence-electron chi connectivity index (χ0n) is 18.0. The fraction of sp³-hybridized carbons (Fsp3) is 0.231. The molecular formula is C26H25NO5. The third kappa shape index (κ3) is 4.17. The molecule has 0 fully saturated rings. The van der Waals surface area contributed by atoms with Crippen molar-refractivity contribution in [2.24, 2.45) is 0 Å². The number of carbonyl (C=O) groups is 2. The maximum absolute atomic E-state index is 12.6. The third-order valence-electron chi connectivity index (χ3n) is 5.91. The van der Waals surface area contributed by atoms with E-state index in [1.807, 2.05) is 36.4 Å². The van der Waals surface area contributed by atoms with Crippen LogP contribution in [0.5, 0.6) is 5.75 Å². The van der Waals surface area contributed by atoms with Gasteiger partial charge in [0.25, 0.3) is 0 Å². The molecular weight excluding hydrogens is 406 g/mol. The predicted octanol–water partition coefficient (Wildman–Crippen LogP) is 4.62. The number of alkyl carbamates (subject to hydrolysis) is 1. The normalized spacial score (nSPS) is 14.1. The minimum atomic E-state index is -1.52. The zero-order valence-corrected chi connectivity index (χ0v) is 18.0. The van der Waals surface area contributed by atoms with Gasteiger partial charge in [-0.15, -0.1) is 0 Å². The Morgan fingerprint density at radius 3 is 2.03 bits per heavy atom. The minimum absolute atomic E-state index is 0.0918. The van der Waals surface area contributed by atoms with Crippen molar-refractivity contribution >= 4 is 12.1 Å². The van der Waals surface area contributed by atoms with Crippen molar-refractivity contribution in [2.45, 2.75) is 24.8 Å². The van der Waals surface area contributed by atoms with Gasteiger partial charge in [-0.05, 0) is 46.9 Å². The SMILES string of the molecule is COc1ccc(CC(C)(NC(=O)OCC2c3ccccc3-c3ccccc32)C(=O)O)cc1. The molecule has 0 aliphatic heterocycles. The molecule has 1 aliphatic rings. The first kappa shape index (κ1) is 21.4. The molecule has 1 atom stereocenters. The number of benzene rings is 3.